The monoisotopic (exact) mass is 310 g/mol. The molecule has 3 rings (SSSR count). The van der Waals surface area contributed by atoms with Gasteiger partial charge in [-0.1, -0.05) is 62.4 Å². The predicted octanol–water partition coefficient (Wildman–Crippen LogP) is 5.03. The molecule has 1 aliphatic rings. The minimum absolute atomic E-state index is 0.301. The molecule has 0 fully saturated rings. The van der Waals surface area contributed by atoms with E-state index in [-0.39, 0.29) is 0 Å². The molecule has 1 aliphatic carbocycles. The maximum Gasteiger partial charge on any atom is 0.0868 e. The summed E-state index contributed by atoms with van der Waals surface area (Å²) in [4.78, 5) is 0. The van der Waals surface area contributed by atoms with Crippen LogP contribution in [0.15, 0.2) is 48.5 Å². The maximum atomic E-state index is 5.92. The molecule has 23 heavy (non-hydrogen) atoms. The summed E-state index contributed by atoms with van der Waals surface area (Å²) in [5.74, 6) is 0.582. The fourth-order valence-corrected chi connectivity index (χ4v) is 2.94. The number of hydrogen-bond acceptors (Lipinski definition) is 2. The van der Waals surface area contributed by atoms with Gasteiger partial charge in [0, 0.05) is 19.6 Å². The maximum absolute atomic E-state index is 5.92. The normalized spacial score (nSPS) is 16.2. The number of benzene rings is 2. The summed E-state index contributed by atoms with van der Waals surface area (Å²) < 4.78 is 11.7. The summed E-state index contributed by atoms with van der Waals surface area (Å²) in [7, 11) is 0. The lowest BCUT2D eigenvalue weighted by Gasteiger charge is -2.29. The molecule has 2 aromatic carbocycles. The van der Waals surface area contributed by atoms with Crippen molar-refractivity contribution in [2.24, 2.45) is 0 Å². The van der Waals surface area contributed by atoms with Crippen LogP contribution in [0.2, 0.25) is 0 Å². The average Bonchev–Trinajstić information content (AvgIpc) is 2.55. The van der Waals surface area contributed by atoms with Crippen molar-refractivity contribution in [1.29, 1.82) is 0 Å². The molecule has 1 atom stereocenters. The van der Waals surface area contributed by atoms with Crippen LogP contribution in [-0.4, -0.2) is 13.2 Å². The summed E-state index contributed by atoms with van der Waals surface area (Å²) in [5, 5.41) is 0. The molecule has 2 aromatic rings. The first kappa shape index (κ1) is 16.2. The number of rotatable bonds is 8. The minimum Gasteiger partial charge on any atom is -0.377 e. The van der Waals surface area contributed by atoms with Crippen LogP contribution in [0.1, 0.15) is 54.5 Å². The Balaban J connectivity index is 1.29. The van der Waals surface area contributed by atoms with E-state index in [1.165, 1.54) is 22.3 Å². The van der Waals surface area contributed by atoms with Crippen LogP contribution in [-0.2, 0) is 22.5 Å². The van der Waals surface area contributed by atoms with Crippen LogP contribution in [0.25, 0.3) is 0 Å². The first-order chi connectivity index (χ1) is 11.2. The quantitative estimate of drug-likeness (QED) is 0.637. The van der Waals surface area contributed by atoms with E-state index in [9.17, 15) is 0 Å². The average molecular weight is 310 g/mol. The van der Waals surface area contributed by atoms with Crippen LogP contribution >= 0.6 is 0 Å². The Kier molecular flexibility index (Phi) is 5.47. The van der Waals surface area contributed by atoms with Crippen molar-refractivity contribution in [2.45, 2.75) is 45.3 Å². The van der Waals surface area contributed by atoms with Crippen molar-refractivity contribution in [2.75, 3.05) is 13.2 Å². The van der Waals surface area contributed by atoms with Gasteiger partial charge in [0.25, 0.3) is 0 Å². The molecular formula is C21H26O2. The van der Waals surface area contributed by atoms with Crippen LogP contribution in [0.4, 0.5) is 0 Å². The lowest BCUT2D eigenvalue weighted by atomic mass is 9.85. The van der Waals surface area contributed by atoms with Crippen molar-refractivity contribution in [3.05, 3.63) is 70.8 Å². The largest absolute Gasteiger partial charge is 0.377 e. The zero-order valence-electron chi connectivity index (χ0n) is 14.1. The number of fused-ring (bicyclic) bond motifs is 1. The van der Waals surface area contributed by atoms with Gasteiger partial charge in [-0.3, -0.25) is 0 Å². The molecule has 0 radical (unpaired) electrons. The van der Waals surface area contributed by atoms with Crippen LogP contribution in [0, 0.1) is 0 Å². The lowest BCUT2D eigenvalue weighted by molar-refractivity contribution is 0.0180. The Morgan fingerprint density at radius 1 is 1.00 bits per heavy atom. The van der Waals surface area contributed by atoms with Crippen LogP contribution < -0.4 is 0 Å². The summed E-state index contributed by atoms with van der Waals surface area (Å²) in [5.41, 5.74) is 5.41. The van der Waals surface area contributed by atoms with Gasteiger partial charge in [0.15, 0.2) is 0 Å². The van der Waals surface area contributed by atoms with Crippen molar-refractivity contribution in [3.63, 3.8) is 0 Å². The van der Waals surface area contributed by atoms with Crippen LogP contribution in [0.5, 0.6) is 0 Å². The molecule has 0 saturated carbocycles. The zero-order chi connectivity index (χ0) is 16.1. The van der Waals surface area contributed by atoms with E-state index in [1.807, 2.05) is 0 Å². The number of ether oxygens (including phenoxy) is 2. The highest BCUT2D eigenvalue weighted by Crippen LogP contribution is 2.35. The Morgan fingerprint density at radius 2 is 1.78 bits per heavy atom. The van der Waals surface area contributed by atoms with E-state index < -0.39 is 0 Å². The Hall–Kier alpha value is -1.64. The van der Waals surface area contributed by atoms with Gasteiger partial charge in [0.1, 0.15) is 0 Å². The third kappa shape index (κ3) is 4.21. The lowest BCUT2D eigenvalue weighted by Crippen LogP contribution is -2.20. The topological polar surface area (TPSA) is 18.5 Å². The van der Waals surface area contributed by atoms with Crippen molar-refractivity contribution in [3.8, 4) is 0 Å². The highest BCUT2D eigenvalue weighted by atomic mass is 16.5. The summed E-state index contributed by atoms with van der Waals surface area (Å²) >= 11 is 0. The first-order valence-corrected chi connectivity index (χ1v) is 8.60. The van der Waals surface area contributed by atoms with Crippen molar-refractivity contribution in [1.82, 2.24) is 0 Å². The minimum atomic E-state index is 0.301. The molecule has 0 aromatic heterocycles. The van der Waals surface area contributed by atoms with Gasteiger partial charge in [-0.25, -0.2) is 0 Å². The first-order valence-electron chi connectivity index (χ1n) is 8.60. The summed E-state index contributed by atoms with van der Waals surface area (Å²) in [6, 6.07) is 17.2. The molecule has 0 N–H and O–H groups in total. The SMILES string of the molecule is CC(C)c1ccc(COCCCOC2Cc3ccccc32)cc1. The third-order valence-electron chi connectivity index (χ3n) is 4.47. The molecule has 122 valence electrons. The molecule has 0 amide bonds. The van der Waals surface area contributed by atoms with Gasteiger partial charge < -0.3 is 9.47 Å². The van der Waals surface area contributed by atoms with Crippen LogP contribution in [0.3, 0.4) is 0 Å². The van der Waals surface area contributed by atoms with Gasteiger partial charge in [0.2, 0.25) is 0 Å². The van der Waals surface area contributed by atoms with Gasteiger partial charge in [-0.2, -0.15) is 0 Å². The molecule has 2 nitrogen and oxygen atoms in total. The van der Waals surface area contributed by atoms with E-state index >= 15 is 0 Å². The van der Waals surface area contributed by atoms with Gasteiger partial charge >= 0.3 is 0 Å². The molecule has 0 heterocycles. The highest BCUT2D eigenvalue weighted by molar-refractivity contribution is 5.38. The second-order valence-electron chi connectivity index (χ2n) is 6.56. The number of hydrogen-bond donors (Lipinski definition) is 0. The van der Waals surface area contributed by atoms with E-state index in [2.05, 4.69) is 62.4 Å². The van der Waals surface area contributed by atoms with E-state index in [1.54, 1.807) is 0 Å². The Labute approximate surface area is 139 Å². The zero-order valence-corrected chi connectivity index (χ0v) is 14.1. The second-order valence-corrected chi connectivity index (χ2v) is 6.56. The molecule has 1 unspecified atom stereocenters. The molecule has 0 spiro atoms. The fraction of sp³-hybridized carbons (Fsp3) is 0.429. The molecule has 0 saturated heterocycles. The second kappa shape index (κ2) is 7.76. The van der Waals surface area contributed by atoms with Crippen molar-refractivity contribution >= 4 is 0 Å². The Bertz CT molecular complexity index is 616. The van der Waals surface area contributed by atoms with Gasteiger partial charge in [0.05, 0.1) is 12.7 Å². The smallest absolute Gasteiger partial charge is 0.0868 e. The highest BCUT2D eigenvalue weighted by Gasteiger charge is 2.25. The molecule has 2 heteroatoms. The Morgan fingerprint density at radius 3 is 2.52 bits per heavy atom. The molecule has 0 aliphatic heterocycles. The van der Waals surface area contributed by atoms with E-state index in [4.69, 9.17) is 9.47 Å². The summed E-state index contributed by atoms with van der Waals surface area (Å²) in [6.45, 7) is 6.63. The molecular weight excluding hydrogens is 284 g/mol. The fourth-order valence-electron chi connectivity index (χ4n) is 2.94. The standard InChI is InChI=1S/C21H26O2/c1-16(2)18-10-8-17(9-11-18)15-22-12-5-13-23-21-14-19-6-3-4-7-20(19)21/h3-4,6-11,16,21H,5,12-15H2,1-2H3. The van der Waals surface area contributed by atoms with Crippen molar-refractivity contribution < 1.29 is 9.47 Å². The predicted molar refractivity (Wildman–Crippen MR) is 93.6 cm³/mol. The van der Waals surface area contributed by atoms with E-state index in [0.717, 1.165) is 26.1 Å². The summed E-state index contributed by atoms with van der Waals surface area (Å²) in [6.07, 6.45) is 2.30. The van der Waals surface area contributed by atoms with E-state index in [0.29, 0.717) is 18.6 Å². The third-order valence-corrected chi connectivity index (χ3v) is 4.47. The van der Waals surface area contributed by atoms with Gasteiger partial charge in [-0.15, -0.1) is 0 Å². The van der Waals surface area contributed by atoms with Gasteiger partial charge in [-0.05, 0) is 34.6 Å². The molecule has 0 bridgehead atoms.